The summed E-state index contributed by atoms with van der Waals surface area (Å²) in [6.45, 7) is 10.9. The molecule has 2 heterocycles. The zero-order valence-electron chi connectivity index (χ0n) is 20.3. The lowest BCUT2D eigenvalue weighted by Gasteiger charge is -2.20. The summed E-state index contributed by atoms with van der Waals surface area (Å²) in [7, 11) is 0. The van der Waals surface area contributed by atoms with E-state index in [1.807, 2.05) is 49.6 Å². The molecule has 178 valence electrons. The zero-order chi connectivity index (χ0) is 24.5. The van der Waals surface area contributed by atoms with Gasteiger partial charge in [-0.25, -0.2) is 9.89 Å². The summed E-state index contributed by atoms with van der Waals surface area (Å²) in [4.78, 5) is 13.4. The second-order valence-electron chi connectivity index (χ2n) is 10.0. The highest BCUT2D eigenvalue weighted by Crippen LogP contribution is 2.30. The summed E-state index contributed by atoms with van der Waals surface area (Å²) in [6.07, 6.45) is 1.74. The van der Waals surface area contributed by atoms with E-state index in [4.69, 9.17) is 11.6 Å². The van der Waals surface area contributed by atoms with Gasteiger partial charge in [-0.05, 0) is 66.6 Å². The highest BCUT2D eigenvalue weighted by Gasteiger charge is 2.26. The summed E-state index contributed by atoms with van der Waals surface area (Å²) in [5, 5.41) is 14.8. The van der Waals surface area contributed by atoms with Crippen molar-refractivity contribution in [2.24, 2.45) is 5.92 Å². The second-order valence-corrected chi connectivity index (χ2v) is 10.4. The average molecular weight is 479 g/mol. The summed E-state index contributed by atoms with van der Waals surface area (Å²) in [5.74, 6) is 1.15. The van der Waals surface area contributed by atoms with E-state index in [1.54, 1.807) is 4.57 Å². The predicted molar refractivity (Wildman–Crippen MR) is 136 cm³/mol. The number of benzene rings is 2. The second kappa shape index (κ2) is 9.58. The van der Waals surface area contributed by atoms with Crippen LogP contribution in [0.1, 0.15) is 52.3 Å². The molecule has 0 aliphatic carbocycles. The Bertz CT molecular complexity index is 1310. The minimum atomic E-state index is -0.394. The van der Waals surface area contributed by atoms with Crippen molar-refractivity contribution in [3.05, 3.63) is 75.4 Å². The molecule has 0 bridgehead atoms. The molecule has 2 aromatic carbocycles. The van der Waals surface area contributed by atoms with Crippen molar-refractivity contribution >= 4 is 11.6 Å². The number of hydrogen-bond acceptors (Lipinski definition) is 4. The Balaban J connectivity index is 1.68. The minimum absolute atomic E-state index is 0.0662. The Morgan fingerprint density at radius 2 is 1.71 bits per heavy atom. The largest absolute Gasteiger partial charge is 0.330 e. The van der Waals surface area contributed by atoms with Crippen LogP contribution in [-0.2, 0) is 18.5 Å². The molecule has 0 aliphatic rings. The van der Waals surface area contributed by atoms with Gasteiger partial charge in [0, 0.05) is 11.1 Å². The Kier molecular flexibility index (Phi) is 6.75. The highest BCUT2D eigenvalue weighted by atomic mass is 35.5. The monoisotopic (exact) mass is 478 g/mol. The average Bonchev–Trinajstić information content (AvgIpc) is 3.40. The van der Waals surface area contributed by atoms with Gasteiger partial charge in [0.2, 0.25) is 0 Å². The van der Waals surface area contributed by atoms with Crippen LogP contribution in [0.25, 0.3) is 22.5 Å². The number of halogens is 1. The van der Waals surface area contributed by atoms with Crippen molar-refractivity contribution in [1.82, 2.24) is 29.8 Å². The lowest BCUT2D eigenvalue weighted by atomic mass is 9.98. The third-order valence-corrected chi connectivity index (χ3v) is 6.33. The SMILES string of the molecule is CC(C)CCc1c(Cl)n(C(C)(C)C)c(=O)n1Cc1ccc(-c2ccccc2-c2nnn[nH]2)cc1. The summed E-state index contributed by atoms with van der Waals surface area (Å²) < 4.78 is 3.54. The van der Waals surface area contributed by atoms with Crippen molar-refractivity contribution in [3.63, 3.8) is 0 Å². The van der Waals surface area contributed by atoms with Gasteiger partial charge >= 0.3 is 5.69 Å². The number of nitrogens with zero attached hydrogens (tertiary/aromatic N) is 5. The van der Waals surface area contributed by atoms with Gasteiger partial charge in [-0.1, -0.05) is 74.0 Å². The van der Waals surface area contributed by atoms with E-state index in [9.17, 15) is 4.79 Å². The van der Waals surface area contributed by atoms with Gasteiger partial charge < -0.3 is 0 Å². The van der Waals surface area contributed by atoms with Crippen molar-refractivity contribution in [2.45, 2.75) is 59.5 Å². The normalized spacial score (nSPS) is 12.0. The zero-order valence-corrected chi connectivity index (χ0v) is 21.1. The predicted octanol–water partition coefficient (Wildman–Crippen LogP) is 5.54. The first-order chi connectivity index (χ1) is 16.2. The lowest BCUT2D eigenvalue weighted by molar-refractivity contribution is 0.380. The minimum Gasteiger partial charge on any atom is -0.290 e. The number of aromatic amines is 1. The molecule has 0 amide bonds. The van der Waals surface area contributed by atoms with E-state index in [0.717, 1.165) is 40.8 Å². The molecule has 4 aromatic rings. The van der Waals surface area contributed by atoms with Gasteiger partial charge in [0.15, 0.2) is 5.82 Å². The number of imidazole rings is 1. The van der Waals surface area contributed by atoms with Crippen LogP contribution in [-0.4, -0.2) is 29.8 Å². The first kappa shape index (κ1) is 24.0. The van der Waals surface area contributed by atoms with E-state index in [0.29, 0.717) is 23.4 Å². The molecule has 0 saturated heterocycles. The maximum Gasteiger partial charge on any atom is 0.330 e. The lowest BCUT2D eigenvalue weighted by Crippen LogP contribution is -2.35. The van der Waals surface area contributed by atoms with Crippen LogP contribution in [0.15, 0.2) is 53.3 Å². The fourth-order valence-corrected chi connectivity index (χ4v) is 4.68. The standard InChI is InChI=1S/C26H31ClN6O/c1-17(2)10-15-22-23(27)33(26(3,4)5)25(34)32(22)16-18-11-13-19(14-12-18)20-8-6-7-9-21(20)24-28-30-31-29-24/h6-9,11-14,17H,10,15-16H2,1-5H3,(H,28,29,30,31). The Morgan fingerprint density at radius 3 is 2.29 bits per heavy atom. The molecule has 0 unspecified atom stereocenters. The summed E-state index contributed by atoms with van der Waals surface area (Å²) >= 11 is 6.76. The van der Waals surface area contributed by atoms with E-state index in [-0.39, 0.29) is 5.69 Å². The smallest absolute Gasteiger partial charge is 0.290 e. The fourth-order valence-electron chi connectivity index (χ4n) is 4.16. The topological polar surface area (TPSA) is 81.4 Å². The van der Waals surface area contributed by atoms with Crippen LogP contribution in [0.5, 0.6) is 0 Å². The van der Waals surface area contributed by atoms with Gasteiger partial charge in [0.1, 0.15) is 5.15 Å². The van der Waals surface area contributed by atoms with Gasteiger partial charge in [-0.15, -0.1) is 5.10 Å². The molecule has 0 spiro atoms. The van der Waals surface area contributed by atoms with E-state index >= 15 is 0 Å². The van der Waals surface area contributed by atoms with Crippen molar-refractivity contribution < 1.29 is 0 Å². The van der Waals surface area contributed by atoms with Crippen LogP contribution in [0, 0.1) is 5.92 Å². The van der Waals surface area contributed by atoms with Crippen LogP contribution >= 0.6 is 11.6 Å². The summed E-state index contributed by atoms with van der Waals surface area (Å²) in [6, 6.07) is 16.3. The third kappa shape index (κ3) is 4.85. The number of aromatic nitrogens is 6. The Morgan fingerprint density at radius 1 is 1.03 bits per heavy atom. The Hall–Kier alpha value is -3.19. The molecule has 0 atom stereocenters. The Labute approximate surface area is 204 Å². The van der Waals surface area contributed by atoms with Gasteiger partial charge in [-0.3, -0.25) is 9.13 Å². The van der Waals surface area contributed by atoms with Crippen LogP contribution < -0.4 is 5.69 Å². The quantitative estimate of drug-likeness (QED) is 0.378. The molecule has 34 heavy (non-hydrogen) atoms. The first-order valence-corrected chi connectivity index (χ1v) is 12.0. The molecule has 0 radical (unpaired) electrons. The van der Waals surface area contributed by atoms with Gasteiger partial charge in [0.05, 0.1) is 12.2 Å². The third-order valence-electron chi connectivity index (χ3n) is 5.94. The molecule has 8 heteroatoms. The molecular formula is C26H31ClN6O. The van der Waals surface area contributed by atoms with Crippen LogP contribution in [0.4, 0.5) is 0 Å². The van der Waals surface area contributed by atoms with E-state index < -0.39 is 5.54 Å². The molecule has 4 rings (SSSR count). The van der Waals surface area contributed by atoms with Crippen molar-refractivity contribution in [3.8, 4) is 22.5 Å². The number of H-pyrrole nitrogens is 1. The molecular weight excluding hydrogens is 448 g/mol. The fraction of sp³-hybridized carbons (Fsp3) is 0.385. The molecule has 0 fully saturated rings. The van der Waals surface area contributed by atoms with Crippen molar-refractivity contribution in [2.75, 3.05) is 0 Å². The summed E-state index contributed by atoms with van der Waals surface area (Å²) in [5.41, 5.74) is 4.50. The van der Waals surface area contributed by atoms with Crippen LogP contribution in [0.2, 0.25) is 5.15 Å². The number of nitrogens with one attached hydrogen (secondary N) is 1. The molecule has 7 nitrogen and oxygen atoms in total. The first-order valence-electron chi connectivity index (χ1n) is 11.6. The van der Waals surface area contributed by atoms with Crippen molar-refractivity contribution in [1.29, 1.82) is 0 Å². The number of tetrazole rings is 1. The number of rotatable bonds is 7. The molecule has 2 aromatic heterocycles. The maximum absolute atomic E-state index is 13.4. The molecule has 0 aliphatic heterocycles. The van der Waals surface area contributed by atoms with Gasteiger partial charge in [0.25, 0.3) is 0 Å². The molecule has 0 saturated carbocycles. The van der Waals surface area contributed by atoms with Crippen LogP contribution in [0.3, 0.4) is 0 Å². The highest BCUT2D eigenvalue weighted by molar-refractivity contribution is 6.30. The van der Waals surface area contributed by atoms with Gasteiger partial charge in [-0.2, -0.15) is 0 Å². The maximum atomic E-state index is 13.4. The number of hydrogen-bond donors (Lipinski definition) is 1. The van der Waals surface area contributed by atoms with E-state index in [1.165, 1.54) is 0 Å². The molecule has 1 N–H and O–H groups in total. The van der Waals surface area contributed by atoms with E-state index in [2.05, 4.69) is 58.7 Å².